The summed E-state index contributed by atoms with van der Waals surface area (Å²) in [5.74, 6) is 0.880. The Balaban J connectivity index is 1.54. The van der Waals surface area contributed by atoms with Crippen LogP contribution in [0.4, 0.5) is 10.6 Å². The van der Waals surface area contributed by atoms with Crippen LogP contribution in [-0.4, -0.2) is 66.1 Å². The van der Waals surface area contributed by atoms with Gasteiger partial charge in [-0.2, -0.15) is 5.10 Å². The molecule has 0 spiro atoms. The van der Waals surface area contributed by atoms with Crippen LogP contribution in [0.2, 0.25) is 0 Å². The Morgan fingerprint density at radius 3 is 3.00 bits per heavy atom. The van der Waals surface area contributed by atoms with Gasteiger partial charge in [0.05, 0.1) is 12.1 Å². The Hall–Kier alpha value is -1.89. The average molecular weight is 333 g/mol. The number of carbonyl (C=O) groups excluding carboxylic acids is 1. The highest BCUT2D eigenvalue weighted by Crippen LogP contribution is 2.18. The normalized spacial score (nSPS) is 23.0. The smallest absolute Gasteiger partial charge is 0.317 e. The number of urea groups is 1. The molecule has 1 aromatic rings. The molecule has 24 heavy (non-hydrogen) atoms. The molecule has 3 heterocycles. The maximum atomic E-state index is 12.6. The number of anilines is 1. The molecule has 132 valence electrons. The highest BCUT2D eigenvalue weighted by molar-refractivity contribution is 5.74. The molecule has 2 atom stereocenters. The summed E-state index contributed by atoms with van der Waals surface area (Å²) < 4.78 is 5.74. The second kappa shape index (κ2) is 8.28. The van der Waals surface area contributed by atoms with Crippen LogP contribution in [0.3, 0.4) is 0 Å². The SMILES string of the molecule is CCC(NC(=O)N1CCCN(c2cccnn2)CC1)C1CCCO1. The molecule has 1 aromatic heterocycles. The highest BCUT2D eigenvalue weighted by Gasteiger charge is 2.28. The van der Waals surface area contributed by atoms with E-state index < -0.39 is 0 Å². The van der Waals surface area contributed by atoms with Gasteiger partial charge in [0.2, 0.25) is 0 Å². The van der Waals surface area contributed by atoms with Crippen molar-refractivity contribution in [1.82, 2.24) is 20.4 Å². The number of carbonyl (C=O) groups is 1. The van der Waals surface area contributed by atoms with E-state index in [1.54, 1.807) is 6.20 Å². The highest BCUT2D eigenvalue weighted by atomic mass is 16.5. The van der Waals surface area contributed by atoms with Gasteiger partial charge in [0, 0.05) is 39.0 Å². The van der Waals surface area contributed by atoms with Crippen LogP contribution < -0.4 is 10.2 Å². The molecule has 0 bridgehead atoms. The first-order valence-corrected chi connectivity index (χ1v) is 8.97. The standard InChI is InChI=1S/C17H27N5O2/c1-2-14(15-6-4-13-24-15)19-17(23)22-10-5-9-21(11-12-22)16-7-3-8-18-20-16/h3,7-8,14-15H,2,4-6,9-13H2,1H3,(H,19,23). The van der Waals surface area contributed by atoms with Gasteiger partial charge in [0.1, 0.15) is 0 Å². The predicted molar refractivity (Wildman–Crippen MR) is 92.0 cm³/mol. The van der Waals surface area contributed by atoms with Crippen LogP contribution in [0.1, 0.15) is 32.6 Å². The van der Waals surface area contributed by atoms with Crippen LogP contribution in [0.25, 0.3) is 0 Å². The van der Waals surface area contributed by atoms with E-state index in [2.05, 4.69) is 27.3 Å². The summed E-state index contributed by atoms with van der Waals surface area (Å²) >= 11 is 0. The molecule has 1 N–H and O–H groups in total. The summed E-state index contributed by atoms with van der Waals surface area (Å²) in [6.07, 6.45) is 5.81. The largest absolute Gasteiger partial charge is 0.376 e. The van der Waals surface area contributed by atoms with E-state index in [-0.39, 0.29) is 18.2 Å². The third-order valence-electron chi connectivity index (χ3n) is 4.83. The zero-order valence-corrected chi connectivity index (χ0v) is 14.4. The van der Waals surface area contributed by atoms with Crippen LogP contribution in [0, 0.1) is 0 Å². The van der Waals surface area contributed by atoms with Crippen molar-refractivity contribution < 1.29 is 9.53 Å². The van der Waals surface area contributed by atoms with Gasteiger partial charge in [-0.3, -0.25) is 0 Å². The Morgan fingerprint density at radius 1 is 1.38 bits per heavy atom. The first-order chi connectivity index (χ1) is 11.8. The van der Waals surface area contributed by atoms with E-state index in [1.807, 2.05) is 17.0 Å². The number of hydrogen-bond donors (Lipinski definition) is 1. The van der Waals surface area contributed by atoms with Crippen molar-refractivity contribution in [2.24, 2.45) is 0 Å². The van der Waals surface area contributed by atoms with Crippen LogP contribution >= 0.6 is 0 Å². The Labute approximate surface area is 143 Å². The van der Waals surface area contributed by atoms with Crippen LogP contribution in [-0.2, 0) is 4.74 Å². The van der Waals surface area contributed by atoms with E-state index in [9.17, 15) is 4.79 Å². The van der Waals surface area contributed by atoms with Crippen LogP contribution in [0.5, 0.6) is 0 Å². The van der Waals surface area contributed by atoms with E-state index in [4.69, 9.17) is 4.74 Å². The number of rotatable bonds is 4. The van der Waals surface area contributed by atoms with Crippen molar-refractivity contribution >= 4 is 11.8 Å². The summed E-state index contributed by atoms with van der Waals surface area (Å²) in [6, 6.07) is 4.00. The molecule has 3 rings (SSSR count). The Kier molecular flexibility index (Phi) is 5.85. The molecule has 0 aromatic carbocycles. The molecule has 2 aliphatic rings. The lowest BCUT2D eigenvalue weighted by atomic mass is 10.1. The lowest BCUT2D eigenvalue weighted by Crippen LogP contribution is -2.49. The van der Waals surface area contributed by atoms with Crippen molar-refractivity contribution in [3.05, 3.63) is 18.3 Å². The summed E-state index contributed by atoms with van der Waals surface area (Å²) in [5, 5.41) is 11.3. The fourth-order valence-electron chi connectivity index (χ4n) is 3.44. The molecule has 0 aliphatic carbocycles. The van der Waals surface area contributed by atoms with Crippen molar-refractivity contribution in [3.8, 4) is 0 Å². The van der Waals surface area contributed by atoms with Gasteiger partial charge < -0.3 is 19.9 Å². The summed E-state index contributed by atoms with van der Waals surface area (Å²) in [7, 11) is 0. The first-order valence-electron chi connectivity index (χ1n) is 8.97. The summed E-state index contributed by atoms with van der Waals surface area (Å²) in [5.41, 5.74) is 0. The number of hydrogen-bond acceptors (Lipinski definition) is 5. The summed E-state index contributed by atoms with van der Waals surface area (Å²) in [6.45, 7) is 6.06. The maximum absolute atomic E-state index is 12.6. The number of nitrogens with zero attached hydrogens (tertiary/aromatic N) is 4. The molecule has 2 amide bonds. The fraction of sp³-hybridized carbons (Fsp3) is 0.706. The summed E-state index contributed by atoms with van der Waals surface area (Å²) in [4.78, 5) is 16.7. The van der Waals surface area contributed by atoms with Crippen molar-refractivity contribution in [3.63, 3.8) is 0 Å². The van der Waals surface area contributed by atoms with Gasteiger partial charge in [-0.1, -0.05) is 6.92 Å². The second-order valence-corrected chi connectivity index (χ2v) is 6.43. The zero-order valence-electron chi connectivity index (χ0n) is 14.4. The van der Waals surface area contributed by atoms with E-state index >= 15 is 0 Å². The lowest BCUT2D eigenvalue weighted by Gasteiger charge is -2.28. The molecule has 2 unspecified atom stereocenters. The molecule has 2 saturated heterocycles. The third-order valence-corrected chi connectivity index (χ3v) is 4.83. The van der Waals surface area contributed by atoms with Crippen molar-refractivity contribution in [2.75, 3.05) is 37.7 Å². The Bertz CT molecular complexity index is 521. The van der Waals surface area contributed by atoms with Gasteiger partial charge in [-0.25, -0.2) is 4.79 Å². The quantitative estimate of drug-likeness (QED) is 0.907. The van der Waals surface area contributed by atoms with Crippen molar-refractivity contribution in [2.45, 2.75) is 44.8 Å². The molecule has 0 radical (unpaired) electrons. The number of aromatic nitrogens is 2. The van der Waals surface area contributed by atoms with Gasteiger partial charge in [-0.15, -0.1) is 5.10 Å². The molecular weight excluding hydrogens is 306 g/mol. The van der Waals surface area contributed by atoms with Crippen LogP contribution in [0.15, 0.2) is 18.3 Å². The molecule has 7 heteroatoms. The molecule has 7 nitrogen and oxygen atoms in total. The molecule has 2 aliphatic heterocycles. The minimum atomic E-state index is 0.0262. The number of ether oxygens (including phenoxy) is 1. The topological polar surface area (TPSA) is 70.6 Å². The number of nitrogens with one attached hydrogen (secondary N) is 1. The van der Waals surface area contributed by atoms with Gasteiger partial charge >= 0.3 is 6.03 Å². The van der Waals surface area contributed by atoms with E-state index in [0.29, 0.717) is 6.54 Å². The minimum Gasteiger partial charge on any atom is -0.376 e. The van der Waals surface area contributed by atoms with Gasteiger partial charge in [0.15, 0.2) is 5.82 Å². The second-order valence-electron chi connectivity index (χ2n) is 6.43. The van der Waals surface area contributed by atoms with E-state index in [1.165, 1.54) is 0 Å². The van der Waals surface area contributed by atoms with Crippen molar-refractivity contribution in [1.29, 1.82) is 0 Å². The average Bonchev–Trinajstić information content (AvgIpc) is 3.04. The minimum absolute atomic E-state index is 0.0262. The van der Waals surface area contributed by atoms with Gasteiger partial charge in [-0.05, 0) is 37.8 Å². The lowest BCUT2D eigenvalue weighted by molar-refractivity contribution is 0.0771. The first kappa shape index (κ1) is 17.0. The molecule has 2 fully saturated rings. The molecule has 0 saturated carbocycles. The van der Waals surface area contributed by atoms with Gasteiger partial charge in [0.25, 0.3) is 0 Å². The molecular formula is C17H27N5O2. The number of amides is 2. The fourth-order valence-corrected chi connectivity index (χ4v) is 3.44. The Morgan fingerprint density at radius 2 is 2.29 bits per heavy atom. The predicted octanol–water partition coefficient (Wildman–Crippen LogP) is 1.66. The van der Waals surface area contributed by atoms with E-state index in [0.717, 1.165) is 57.7 Å². The zero-order chi connectivity index (χ0) is 16.8. The monoisotopic (exact) mass is 333 g/mol. The maximum Gasteiger partial charge on any atom is 0.317 e. The third kappa shape index (κ3) is 4.14.